The first-order valence-corrected chi connectivity index (χ1v) is 13.3. The number of nitrogens with zero attached hydrogens (tertiary/aromatic N) is 4. The van der Waals surface area contributed by atoms with Crippen molar-refractivity contribution in [3.63, 3.8) is 0 Å². The highest BCUT2D eigenvalue weighted by atomic mass is 35.5. The second kappa shape index (κ2) is 10.2. The van der Waals surface area contributed by atoms with Crippen LogP contribution in [0.2, 0.25) is 10.0 Å². The molecule has 5 rings (SSSR count). The molecule has 0 unspecified atom stereocenters. The van der Waals surface area contributed by atoms with Crippen molar-refractivity contribution in [1.29, 1.82) is 0 Å². The molecule has 37 heavy (non-hydrogen) atoms. The first-order valence-electron chi connectivity index (χ1n) is 12.5. The van der Waals surface area contributed by atoms with E-state index in [1.165, 1.54) is 12.1 Å². The van der Waals surface area contributed by atoms with Gasteiger partial charge in [-0.15, -0.1) is 0 Å². The van der Waals surface area contributed by atoms with Crippen LogP contribution >= 0.6 is 23.2 Å². The SMILES string of the molecule is C[C@]1(O)CCC[C@@H](Nc2ncc3nc(Nc4c(Cl)cc(F)cc4Cl)n([C@H]4CC[C@@H](C(N)=O)CC4)c3n2)C1. The summed E-state index contributed by atoms with van der Waals surface area (Å²) in [6.07, 6.45) is 7.59. The molecule has 198 valence electrons. The zero-order valence-electron chi connectivity index (χ0n) is 20.5. The summed E-state index contributed by atoms with van der Waals surface area (Å²) < 4.78 is 15.8. The van der Waals surface area contributed by atoms with Crippen LogP contribution in [0.3, 0.4) is 0 Å². The van der Waals surface area contributed by atoms with E-state index in [2.05, 4.69) is 15.6 Å². The number of imidazole rings is 1. The second-order valence-corrected chi connectivity index (χ2v) is 11.2. The van der Waals surface area contributed by atoms with Crippen LogP contribution in [-0.4, -0.2) is 42.2 Å². The fourth-order valence-corrected chi connectivity index (χ4v) is 6.11. The van der Waals surface area contributed by atoms with E-state index in [9.17, 15) is 14.3 Å². The normalized spacial score (nSPS) is 26.2. The molecule has 0 aliphatic heterocycles. The van der Waals surface area contributed by atoms with Gasteiger partial charge in [-0.05, 0) is 70.4 Å². The van der Waals surface area contributed by atoms with E-state index in [1.54, 1.807) is 6.20 Å². The van der Waals surface area contributed by atoms with Crippen molar-refractivity contribution in [2.75, 3.05) is 10.6 Å². The summed E-state index contributed by atoms with van der Waals surface area (Å²) in [5, 5.41) is 17.3. The average molecular weight is 550 g/mol. The Kier molecular flexibility index (Phi) is 7.17. The molecule has 12 heteroatoms. The lowest BCUT2D eigenvalue weighted by Gasteiger charge is -2.34. The predicted octanol–water partition coefficient (Wildman–Crippen LogP) is 5.34. The van der Waals surface area contributed by atoms with Crippen LogP contribution in [0.5, 0.6) is 0 Å². The molecule has 0 spiro atoms. The topological polar surface area (TPSA) is 131 Å². The summed E-state index contributed by atoms with van der Waals surface area (Å²) in [4.78, 5) is 25.7. The number of anilines is 3. The Morgan fingerprint density at radius 2 is 1.89 bits per heavy atom. The van der Waals surface area contributed by atoms with Crippen molar-refractivity contribution in [3.8, 4) is 0 Å². The predicted molar refractivity (Wildman–Crippen MR) is 142 cm³/mol. The molecule has 0 radical (unpaired) electrons. The van der Waals surface area contributed by atoms with Gasteiger partial charge in [-0.1, -0.05) is 23.2 Å². The van der Waals surface area contributed by atoms with E-state index in [0.717, 1.165) is 19.3 Å². The highest BCUT2D eigenvalue weighted by molar-refractivity contribution is 6.39. The number of benzene rings is 1. The third kappa shape index (κ3) is 5.61. The monoisotopic (exact) mass is 549 g/mol. The summed E-state index contributed by atoms with van der Waals surface area (Å²) in [6.45, 7) is 1.85. The number of primary amides is 1. The van der Waals surface area contributed by atoms with E-state index >= 15 is 0 Å². The van der Waals surface area contributed by atoms with E-state index in [1.807, 2.05) is 11.5 Å². The standard InChI is InChI=1S/C25H30Cl2FN7O2/c1-25(37)8-2-3-15(11-25)31-23-30-12-19-22(34-23)35(16-6-4-13(5-7-16)21(29)36)24(32-19)33-20-17(26)9-14(28)10-18(20)27/h9-10,12-13,15-16,37H,2-8,11H2,1H3,(H2,29,36)(H,32,33)(H,30,31,34)/t13-,15-,16+,25+/m1/s1. The van der Waals surface area contributed by atoms with Gasteiger partial charge in [0.2, 0.25) is 17.8 Å². The molecule has 1 amide bonds. The van der Waals surface area contributed by atoms with E-state index in [4.69, 9.17) is 38.9 Å². The molecule has 2 aliphatic rings. The number of carbonyl (C=O) groups is 1. The van der Waals surface area contributed by atoms with Crippen LogP contribution in [0.25, 0.3) is 11.2 Å². The number of aliphatic hydroxyl groups is 1. The van der Waals surface area contributed by atoms with Gasteiger partial charge >= 0.3 is 0 Å². The molecular formula is C25H30Cl2FN7O2. The molecule has 2 aromatic heterocycles. The number of fused-ring (bicyclic) bond motifs is 1. The van der Waals surface area contributed by atoms with E-state index in [-0.39, 0.29) is 34.0 Å². The Morgan fingerprint density at radius 1 is 1.19 bits per heavy atom. The molecule has 5 N–H and O–H groups in total. The summed E-state index contributed by atoms with van der Waals surface area (Å²) in [5.74, 6) is -0.0858. The van der Waals surface area contributed by atoms with E-state index < -0.39 is 11.4 Å². The summed E-state index contributed by atoms with van der Waals surface area (Å²) in [5.41, 5.74) is 6.34. The average Bonchev–Trinajstić information content (AvgIpc) is 3.18. The molecule has 3 aromatic rings. The van der Waals surface area contributed by atoms with Gasteiger partial charge in [-0.25, -0.2) is 14.4 Å². The summed E-state index contributed by atoms with van der Waals surface area (Å²) in [6, 6.07) is 2.40. The summed E-state index contributed by atoms with van der Waals surface area (Å²) >= 11 is 12.6. The van der Waals surface area contributed by atoms with Gasteiger partial charge < -0.3 is 21.5 Å². The van der Waals surface area contributed by atoms with Crippen molar-refractivity contribution < 1.29 is 14.3 Å². The first-order chi connectivity index (χ1) is 17.6. The third-order valence-electron chi connectivity index (χ3n) is 7.43. The van der Waals surface area contributed by atoms with E-state index in [0.29, 0.717) is 60.9 Å². The highest BCUT2D eigenvalue weighted by Gasteiger charge is 2.32. The number of carbonyl (C=O) groups excluding carboxylic acids is 1. The van der Waals surface area contributed by atoms with Crippen LogP contribution < -0.4 is 16.4 Å². The van der Waals surface area contributed by atoms with Crippen LogP contribution in [0.4, 0.5) is 22.0 Å². The van der Waals surface area contributed by atoms with Gasteiger partial charge in [-0.2, -0.15) is 4.98 Å². The van der Waals surface area contributed by atoms with Crippen LogP contribution in [0.15, 0.2) is 18.3 Å². The van der Waals surface area contributed by atoms with Crippen LogP contribution in [-0.2, 0) is 4.79 Å². The number of halogens is 3. The zero-order valence-corrected chi connectivity index (χ0v) is 22.0. The van der Waals surface area contributed by atoms with Crippen molar-refractivity contribution in [2.24, 2.45) is 11.7 Å². The molecule has 0 saturated heterocycles. The molecule has 2 aliphatic carbocycles. The Hall–Kier alpha value is -2.69. The van der Waals surface area contributed by atoms with Crippen molar-refractivity contribution in [3.05, 3.63) is 34.2 Å². The smallest absolute Gasteiger partial charge is 0.224 e. The minimum absolute atomic E-state index is 0.0146. The van der Waals surface area contributed by atoms with Crippen molar-refractivity contribution in [1.82, 2.24) is 19.5 Å². The minimum atomic E-state index is -0.717. The number of rotatable bonds is 6. The number of hydrogen-bond acceptors (Lipinski definition) is 7. The Balaban J connectivity index is 1.51. The Bertz CT molecular complexity index is 1300. The minimum Gasteiger partial charge on any atom is -0.390 e. The Morgan fingerprint density at radius 3 is 2.54 bits per heavy atom. The maximum Gasteiger partial charge on any atom is 0.224 e. The van der Waals surface area contributed by atoms with Gasteiger partial charge in [0, 0.05) is 18.0 Å². The molecule has 0 bridgehead atoms. The molecule has 2 atom stereocenters. The number of nitrogens with one attached hydrogen (secondary N) is 2. The summed E-state index contributed by atoms with van der Waals surface area (Å²) in [7, 11) is 0. The van der Waals surface area contributed by atoms with Crippen molar-refractivity contribution in [2.45, 2.75) is 76.0 Å². The van der Waals surface area contributed by atoms with Crippen molar-refractivity contribution >= 4 is 57.9 Å². The van der Waals surface area contributed by atoms with Crippen LogP contribution in [0, 0.1) is 11.7 Å². The molecular weight excluding hydrogens is 520 g/mol. The fourth-order valence-electron chi connectivity index (χ4n) is 5.56. The van der Waals surface area contributed by atoms with Gasteiger partial charge in [0.15, 0.2) is 5.65 Å². The zero-order chi connectivity index (χ0) is 26.3. The Labute approximate surface area is 224 Å². The van der Waals surface area contributed by atoms with Gasteiger partial charge in [0.25, 0.3) is 0 Å². The number of hydrogen-bond donors (Lipinski definition) is 4. The maximum absolute atomic E-state index is 13.8. The first kappa shape index (κ1) is 25.9. The van der Waals surface area contributed by atoms with Gasteiger partial charge in [0.05, 0.1) is 27.5 Å². The lowest BCUT2D eigenvalue weighted by atomic mass is 9.83. The number of aromatic nitrogens is 4. The molecule has 9 nitrogen and oxygen atoms in total. The van der Waals surface area contributed by atoms with Crippen LogP contribution in [0.1, 0.15) is 64.3 Å². The number of nitrogens with two attached hydrogens (primary N) is 1. The lowest BCUT2D eigenvalue weighted by Crippen LogP contribution is -2.38. The third-order valence-corrected chi connectivity index (χ3v) is 8.02. The quantitative estimate of drug-likeness (QED) is 0.326. The molecule has 1 aromatic carbocycles. The molecule has 2 saturated carbocycles. The number of amides is 1. The molecule has 2 heterocycles. The van der Waals surface area contributed by atoms with Gasteiger partial charge in [-0.3, -0.25) is 9.36 Å². The van der Waals surface area contributed by atoms with Gasteiger partial charge in [0.1, 0.15) is 11.3 Å². The fraction of sp³-hybridized carbons (Fsp3) is 0.520. The lowest BCUT2D eigenvalue weighted by molar-refractivity contribution is -0.122. The maximum atomic E-state index is 13.8. The second-order valence-electron chi connectivity index (χ2n) is 10.4. The highest BCUT2D eigenvalue weighted by Crippen LogP contribution is 2.39. The molecule has 2 fully saturated rings. The largest absolute Gasteiger partial charge is 0.390 e.